The van der Waals surface area contributed by atoms with E-state index in [9.17, 15) is 0 Å². The van der Waals surface area contributed by atoms with E-state index < -0.39 is 0 Å². The van der Waals surface area contributed by atoms with Gasteiger partial charge in [-0.2, -0.15) is 0 Å². The van der Waals surface area contributed by atoms with Crippen molar-refractivity contribution in [3.05, 3.63) is 23.8 Å². The maximum atomic E-state index is 5.70. The molecule has 0 atom stereocenters. The molecule has 0 fully saturated rings. The average Bonchev–Trinajstić information content (AvgIpc) is 2.61. The predicted molar refractivity (Wildman–Crippen MR) is 125 cm³/mol. The van der Waals surface area contributed by atoms with Crippen LogP contribution < -0.4 is 20.1 Å². The van der Waals surface area contributed by atoms with Crippen LogP contribution in [0.5, 0.6) is 11.5 Å². The van der Waals surface area contributed by atoms with Gasteiger partial charge in [-0.15, -0.1) is 24.0 Å². The van der Waals surface area contributed by atoms with Crippen molar-refractivity contribution in [1.82, 2.24) is 15.5 Å². The van der Waals surface area contributed by atoms with Gasteiger partial charge in [-0.3, -0.25) is 4.99 Å². The molecule has 0 heterocycles. The third-order valence-electron chi connectivity index (χ3n) is 3.69. The minimum Gasteiger partial charge on any atom is -0.490 e. The summed E-state index contributed by atoms with van der Waals surface area (Å²) in [5, 5.41) is 6.70. The minimum absolute atomic E-state index is 0. The van der Waals surface area contributed by atoms with Gasteiger partial charge in [0.25, 0.3) is 0 Å². The highest BCUT2D eigenvalue weighted by molar-refractivity contribution is 14.0. The van der Waals surface area contributed by atoms with E-state index in [1.807, 2.05) is 19.9 Å². The monoisotopic (exact) mass is 492 g/mol. The van der Waals surface area contributed by atoms with E-state index >= 15 is 0 Å². The van der Waals surface area contributed by atoms with Crippen LogP contribution in [0.4, 0.5) is 0 Å². The van der Waals surface area contributed by atoms with Crippen LogP contribution in [0.1, 0.15) is 32.8 Å². The van der Waals surface area contributed by atoms with Crippen molar-refractivity contribution in [2.75, 3.05) is 53.5 Å². The number of nitrogens with one attached hydrogen (secondary N) is 2. The highest BCUT2D eigenvalue weighted by Crippen LogP contribution is 2.28. The molecule has 1 rings (SSSR count). The van der Waals surface area contributed by atoms with Crippen LogP contribution in [0.15, 0.2) is 23.2 Å². The van der Waals surface area contributed by atoms with E-state index in [1.165, 1.54) is 5.56 Å². The van der Waals surface area contributed by atoms with Crippen LogP contribution in [0, 0.1) is 0 Å². The van der Waals surface area contributed by atoms with Crippen molar-refractivity contribution < 1.29 is 9.47 Å². The Bertz CT molecular complexity index is 539. The standard InChI is InChI=1S/C20H36N4O2.HI/c1-6-21-20(22-13-9-15-24(4)5)23-14-12-17-10-11-18(25-7-2)19(16-17)26-8-3;/h10-11,16H,6-9,12-15H2,1-5H3,(H2,21,22,23);1H. The fourth-order valence-corrected chi connectivity index (χ4v) is 2.50. The number of rotatable bonds is 12. The summed E-state index contributed by atoms with van der Waals surface area (Å²) in [6.07, 6.45) is 1.95. The van der Waals surface area contributed by atoms with Crippen molar-refractivity contribution in [2.45, 2.75) is 33.6 Å². The van der Waals surface area contributed by atoms with E-state index in [2.05, 4.69) is 53.7 Å². The molecule has 0 aromatic heterocycles. The van der Waals surface area contributed by atoms with Crippen LogP contribution >= 0.6 is 24.0 Å². The molecule has 7 heteroatoms. The van der Waals surface area contributed by atoms with Gasteiger partial charge in [0.1, 0.15) is 0 Å². The van der Waals surface area contributed by atoms with Gasteiger partial charge in [0, 0.05) is 19.6 Å². The summed E-state index contributed by atoms with van der Waals surface area (Å²) in [5.74, 6) is 2.50. The molecule has 0 aliphatic carbocycles. The summed E-state index contributed by atoms with van der Waals surface area (Å²) in [5.41, 5.74) is 1.22. The third-order valence-corrected chi connectivity index (χ3v) is 3.69. The number of ether oxygens (including phenoxy) is 2. The summed E-state index contributed by atoms with van der Waals surface area (Å²) < 4.78 is 11.3. The lowest BCUT2D eigenvalue weighted by atomic mass is 10.1. The second kappa shape index (κ2) is 15.8. The first-order valence-electron chi connectivity index (χ1n) is 9.66. The summed E-state index contributed by atoms with van der Waals surface area (Å²) in [6, 6.07) is 6.15. The number of benzene rings is 1. The number of nitrogens with zero attached hydrogens (tertiary/aromatic N) is 2. The fourth-order valence-electron chi connectivity index (χ4n) is 2.50. The van der Waals surface area contributed by atoms with Gasteiger partial charge >= 0.3 is 0 Å². The summed E-state index contributed by atoms with van der Waals surface area (Å²) in [4.78, 5) is 6.80. The highest BCUT2D eigenvalue weighted by atomic mass is 127. The SMILES string of the molecule is CCNC(=NCCCN(C)C)NCCc1ccc(OCC)c(OCC)c1.I. The lowest BCUT2D eigenvalue weighted by molar-refractivity contribution is 0.287. The van der Waals surface area contributed by atoms with Crippen LogP contribution in [0.2, 0.25) is 0 Å². The van der Waals surface area contributed by atoms with E-state index in [0.29, 0.717) is 13.2 Å². The summed E-state index contributed by atoms with van der Waals surface area (Å²) in [6.45, 7) is 10.9. The summed E-state index contributed by atoms with van der Waals surface area (Å²) in [7, 11) is 4.17. The zero-order valence-electron chi connectivity index (χ0n) is 17.5. The Balaban J connectivity index is 0.00000676. The van der Waals surface area contributed by atoms with Crippen molar-refractivity contribution in [2.24, 2.45) is 4.99 Å². The Morgan fingerprint density at radius 2 is 1.74 bits per heavy atom. The molecule has 2 N–H and O–H groups in total. The molecule has 0 amide bonds. The number of guanidine groups is 1. The van der Waals surface area contributed by atoms with Gasteiger partial charge in [0.05, 0.1) is 13.2 Å². The van der Waals surface area contributed by atoms with Gasteiger partial charge in [-0.1, -0.05) is 6.07 Å². The smallest absolute Gasteiger partial charge is 0.191 e. The minimum atomic E-state index is 0. The molecule has 0 aliphatic heterocycles. The molecule has 1 aromatic carbocycles. The van der Waals surface area contributed by atoms with Crippen LogP contribution in [-0.4, -0.2) is 64.3 Å². The number of halogens is 1. The molecule has 0 unspecified atom stereocenters. The largest absolute Gasteiger partial charge is 0.490 e. The van der Waals surface area contributed by atoms with Gasteiger partial charge < -0.3 is 25.0 Å². The second-order valence-corrected chi connectivity index (χ2v) is 6.24. The van der Waals surface area contributed by atoms with E-state index in [0.717, 1.165) is 56.5 Å². The number of hydrogen-bond donors (Lipinski definition) is 2. The summed E-state index contributed by atoms with van der Waals surface area (Å²) >= 11 is 0. The van der Waals surface area contributed by atoms with E-state index in [4.69, 9.17) is 9.47 Å². The zero-order chi connectivity index (χ0) is 19.2. The Labute approximate surface area is 182 Å². The second-order valence-electron chi connectivity index (χ2n) is 6.24. The Morgan fingerprint density at radius 3 is 2.37 bits per heavy atom. The molecule has 6 nitrogen and oxygen atoms in total. The Kier molecular flexibility index (Phi) is 15.1. The third kappa shape index (κ3) is 11.3. The van der Waals surface area contributed by atoms with E-state index in [-0.39, 0.29) is 24.0 Å². The van der Waals surface area contributed by atoms with Crippen molar-refractivity contribution in [1.29, 1.82) is 0 Å². The first kappa shape index (κ1) is 25.8. The maximum absolute atomic E-state index is 5.70. The predicted octanol–water partition coefficient (Wildman–Crippen LogP) is 3.15. The van der Waals surface area contributed by atoms with Gasteiger partial charge in [0.15, 0.2) is 17.5 Å². The van der Waals surface area contributed by atoms with Gasteiger partial charge in [-0.25, -0.2) is 0 Å². The molecule has 0 spiro atoms. The lowest BCUT2D eigenvalue weighted by Crippen LogP contribution is -2.38. The molecule has 27 heavy (non-hydrogen) atoms. The van der Waals surface area contributed by atoms with Crippen LogP contribution in [0.25, 0.3) is 0 Å². The molecule has 0 aliphatic rings. The van der Waals surface area contributed by atoms with Gasteiger partial charge in [-0.05, 0) is 71.9 Å². The van der Waals surface area contributed by atoms with Gasteiger partial charge in [0.2, 0.25) is 0 Å². The average molecular weight is 492 g/mol. The van der Waals surface area contributed by atoms with Crippen molar-refractivity contribution in [3.63, 3.8) is 0 Å². The number of hydrogen-bond acceptors (Lipinski definition) is 4. The number of aliphatic imine (C=N–C) groups is 1. The molecule has 0 bridgehead atoms. The highest BCUT2D eigenvalue weighted by Gasteiger charge is 2.06. The van der Waals surface area contributed by atoms with Crippen LogP contribution in [-0.2, 0) is 6.42 Å². The first-order chi connectivity index (χ1) is 12.6. The fraction of sp³-hybridized carbons (Fsp3) is 0.650. The van der Waals surface area contributed by atoms with Crippen molar-refractivity contribution in [3.8, 4) is 11.5 Å². The molecular weight excluding hydrogens is 455 g/mol. The topological polar surface area (TPSA) is 58.1 Å². The van der Waals surface area contributed by atoms with E-state index in [1.54, 1.807) is 0 Å². The zero-order valence-corrected chi connectivity index (χ0v) is 19.8. The Morgan fingerprint density at radius 1 is 1.04 bits per heavy atom. The Hall–Kier alpha value is -1.22. The normalized spacial score (nSPS) is 11.1. The molecular formula is C20H37IN4O2. The molecule has 1 aromatic rings. The first-order valence-corrected chi connectivity index (χ1v) is 9.66. The quantitative estimate of drug-likeness (QED) is 0.203. The molecule has 0 saturated heterocycles. The lowest BCUT2D eigenvalue weighted by Gasteiger charge is -2.14. The maximum Gasteiger partial charge on any atom is 0.191 e. The van der Waals surface area contributed by atoms with Crippen LogP contribution in [0.3, 0.4) is 0 Å². The molecule has 0 radical (unpaired) electrons. The van der Waals surface area contributed by atoms with Crippen molar-refractivity contribution >= 4 is 29.9 Å². The molecule has 0 saturated carbocycles. The molecule has 156 valence electrons.